The molecule has 0 saturated heterocycles. The molecule has 1 aromatic rings. The maximum atomic E-state index is 11.0. The van der Waals surface area contributed by atoms with Gasteiger partial charge < -0.3 is 9.84 Å². The van der Waals surface area contributed by atoms with Gasteiger partial charge >= 0.3 is 5.97 Å². The SMILES string of the molecule is Cc1cc(Cl)cc(C)c1OC(C)(C)C(=O)O. The highest BCUT2D eigenvalue weighted by Gasteiger charge is 2.30. The highest BCUT2D eigenvalue weighted by atomic mass is 35.5. The van der Waals surface area contributed by atoms with Crippen LogP contribution in [0.25, 0.3) is 0 Å². The molecule has 0 saturated carbocycles. The summed E-state index contributed by atoms with van der Waals surface area (Å²) < 4.78 is 5.52. The Morgan fingerprint density at radius 1 is 1.31 bits per heavy atom. The van der Waals surface area contributed by atoms with E-state index < -0.39 is 11.6 Å². The van der Waals surface area contributed by atoms with Gasteiger partial charge in [0.25, 0.3) is 0 Å². The molecule has 0 aliphatic heterocycles. The average molecular weight is 243 g/mol. The lowest BCUT2D eigenvalue weighted by atomic mass is 10.1. The first-order valence-electron chi connectivity index (χ1n) is 4.93. The highest BCUT2D eigenvalue weighted by Crippen LogP contribution is 2.30. The van der Waals surface area contributed by atoms with E-state index in [0.717, 1.165) is 11.1 Å². The second kappa shape index (κ2) is 4.34. The number of benzene rings is 1. The Labute approximate surface area is 100.0 Å². The molecule has 0 atom stereocenters. The van der Waals surface area contributed by atoms with E-state index in [4.69, 9.17) is 21.4 Å². The number of rotatable bonds is 3. The van der Waals surface area contributed by atoms with Gasteiger partial charge in [0.2, 0.25) is 0 Å². The predicted octanol–water partition coefficient (Wildman–Crippen LogP) is 3.20. The van der Waals surface area contributed by atoms with Crippen LogP contribution in [-0.2, 0) is 4.79 Å². The molecule has 0 fully saturated rings. The van der Waals surface area contributed by atoms with Gasteiger partial charge in [0.05, 0.1) is 0 Å². The van der Waals surface area contributed by atoms with Crippen molar-refractivity contribution in [3.63, 3.8) is 0 Å². The van der Waals surface area contributed by atoms with Gasteiger partial charge in [-0.3, -0.25) is 0 Å². The van der Waals surface area contributed by atoms with E-state index in [-0.39, 0.29) is 0 Å². The van der Waals surface area contributed by atoms with Crippen LogP contribution >= 0.6 is 11.6 Å². The van der Waals surface area contributed by atoms with E-state index in [2.05, 4.69) is 0 Å². The van der Waals surface area contributed by atoms with Crippen molar-refractivity contribution in [1.82, 2.24) is 0 Å². The molecule has 1 rings (SSSR count). The molecule has 0 aliphatic carbocycles. The Kier molecular flexibility index (Phi) is 3.48. The van der Waals surface area contributed by atoms with Gasteiger partial charge in [-0.2, -0.15) is 0 Å². The van der Waals surface area contributed by atoms with E-state index in [1.165, 1.54) is 13.8 Å². The molecular formula is C12H15ClO3. The van der Waals surface area contributed by atoms with Gasteiger partial charge in [-0.15, -0.1) is 0 Å². The van der Waals surface area contributed by atoms with Crippen LogP contribution in [0.15, 0.2) is 12.1 Å². The molecule has 0 spiro atoms. The lowest BCUT2D eigenvalue weighted by Gasteiger charge is -2.24. The zero-order chi connectivity index (χ0) is 12.5. The van der Waals surface area contributed by atoms with Crippen LogP contribution in [0, 0.1) is 13.8 Å². The average Bonchev–Trinajstić information content (AvgIpc) is 2.11. The lowest BCUT2D eigenvalue weighted by Crippen LogP contribution is -2.38. The van der Waals surface area contributed by atoms with Crippen molar-refractivity contribution < 1.29 is 14.6 Å². The van der Waals surface area contributed by atoms with Crippen LogP contribution in [-0.4, -0.2) is 16.7 Å². The van der Waals surface area contributed by atoms with Crippen molar-refractivity contribution in [3.05, 3.63) is 28.3 Å². The van der Waals surface area contributed by atoms with Gasteiger partial charge in [0.1, 0.15) is 5.75 Å². The number of hydrogen-bond acceptors (Lipinski definition) is 2. The van der Waals surface area contributed by atoms with E-state index in [9.17, 15) is 4.79 Å². The Morgan fingerprint density at radius 3 is 2.12 bits per heavy atom. The quantitative estimate of drug-likeness (QED) is 0.886. The predicted molar refractivity (Wildman–Crippen MR) is 63.3 cm³/mol. The zero-order valence-corrected chi connectivity index (χ0v) is 10.6. The molecule has 0 heterocycles. The first-order chi connectivity index (χ1) is 7.24. The number of hydrogen-bond donors (Lipinski definition) is 1. The van der Waals surface area contributed by atoms with Crippen LogP contribution in [0.4, 0.5) is 0 Å². The fraction of sp³-hybridized carbons (Fsp3) is 0.417. The Balaban J connectivity index is 3.11. The van der Waals surface area contributed by atoms with Crippen LogP contribution in [0.1, 0.15) is 25.0 Å². The monoisotopic (exact) mass is 242 g/mol. The molecule has 0 unspecified atom stereocenters. The summed E-state index contributed by atoms with van der Waals surface area (Å²) in [6.07, 6.45) is 0. The number of aryl methyl sites for hydroxylation is 2. The Hall–Kier alpha value is -1.22. The topological polar surface area (TPSA) is 46.5 Å². The van der Waals surface area contributed by atoms with Crippen LogP contribution in [0.3, 0.4) is 0 Å². The third-order valence-electron chi connectivity index (χ3n) is 2.30. The smallest absolute Gasteiger partial charge is 0.347 e. The van der Waals surface area contributed by atoms with E-state index in [1.54, 1.807) is 12.1 Å². The summed E-state index contributed by atoms with van der Waals surface area (Å²) in [6.45, 7) is 6.71. The van der Waals surface area contributed by atoms with Crippen LogP contribution in [0.2, 0.25) is 5.02 Å². The van der Waals surface area contributed by atoms with Gasteiger partial charge in [-0.05, 0) is 51.0 Å². The molecule has 16 heavy (non-hydrogen) atoms. The van der Waals surface area contributed by atoms with Crippen LogP contribution < -0.4 is 4.74 Å². The van der Waals surface area contributed by atoms with Crippen molar-refractivity contribution in [2.75, 3.05) is 0 Å². The van der Waals surface area contributed by atoms with E-state index in [0.29, 0.717) is 10.8 Å². The number of carbonyl (C=O) groups is 1. The minimum atomic E-state index is -1.25. The molecule has 4 heteroatoms. The maximum absolute atomic E-state index is 11.0. The molecule has 0 radical (unpaired) electrons. The van der Waals surface area contributed by atoms with E-state index in [1.807, 2.05) is 13.8 Å². The molecule has 0 amide bonds. The fourth-order valence-electron chi connectivity index (χ4n) is 1.36. The van der Waals surface area contributed by atoms with E-state index >= 15 is 0 Å². The summed E-state index contributed by atoms with van der Waals surface area (Å²) >= 11 is 5.88. The lowest BCUT2D eigenvalue weighted by molar-refractivity contribution is -0.152. The molecule has 0 bridgehead atoms. The minimum absolute atomic E-state index is 0.580. The number of halogens is 1. The molecule has 1 N–H and O–H groups in total. The number of carboxylic acid groups (broad SMARTS) is 1. The molecule has 88 valence electrons. The van der Waals surface area contributed by atoms with Crippen molar-refractivity contribution in [1.29, 1.82) is 0 Å². The van der Waals surface area contributed by atoms with Crippen molar-refractivity contribution in [3.8, 4) is 5.75 Å². The number of aliphatic carboxylic acids is 1. The van der Waals surface area contributed by atoms with Gasteiger partial charge in [-0.25, -0.2) is 4.79 Å². The van der Waals surface area contributed by atoms with Crippen molar-refractivity contribution in [2.24, 2.45) is 0 Å². The highest BCUT2D eigenvalue weighted by molar-refractivity contribution is 6.30. The molecule has 0 aliphatic rings. The summed E-state index contributed by atoms with van der Waals surface area (Å²) in [7, 11) is 0. The van der Waals surface area contributed by atoms with Gasteiger partial charge in [0, 0.05) is 5.02 Å². The Bertz CT molecular complexity index is 401. The fourth-order valence-corrected chi connectivity index (χ4v) is 1.68. The third-order valence-corrected chi connectivity index (χ3v) is 2.52. The van der Waals surface area contributed by atoms with Crippen molar-refractivity contribution >= 4 is 17.6 Å². The summed E-state index contributed by atoms with van der Waals surface area (Å²) in [6, 6.07) is 3.50. The molecule has 0 aromatic heterocycles. The molecular weight excluding hydrogens is 228 g/mol. The first-order valence-corrected chi connectivity index (χ1v) is 5.31. The maximum Gasteiger partial charge on any atom is 0.347 e. The largest absolute Gasteiger partial charge is 0.478 e. The summed E-state index contributed by atoms with van der Waals surface area (Å²) in [5, 5.41) is 9.61. The normalized spacial score (nSPS) is 11.3. The van der Waals surface area contributed by atoms with Crippen LogP contribution in [0.5, 0.6) is 5.75 Å². The molecule has 1 aromatic carbocycles. The summed E-state index contributed by atoms with van der Waals surface area (Å²) in [5.41, 5.74) is 0.419. The summed E-state index contributed by atoms with van der Waals surface area (Å²) in [5.74, 6) is -0.418. The third kappa shape index (κ3) is 2.67. The second-order valence-corrected chi connectivity index (χ2v) is 4.72. The first kappa shape index (κ1) is 12.8. The van der Waals surface area contributed by atoms with Gasteiger partial charge in [-0.1, -0.05) is 11.6 Å². The standard InChI is InChI=1S/C12H15ClO3/c1-7-5-9(13)6-8(2)10(7)16-12(3,4)11(14)15/h5-6H,1-4H3,(H,14,15). The number of carboxylic acids is 1. The number of ether oxygens (including phenoxy) is 1. The second-order valence-electron chi connectivity index (χ2n) is 4.29. The Morgan fingerprint density at radius 2 is 1.75 bits per heavy atom. The zero-order valence-electron chi connectivity index (χ0n) is 9.80. The van der Waals surface area contributed by atoms with Gasteiger partial charge in [0.15, 0.2) is 5.60 Å². The van der Waals surface area contributed by atoms with Crippen molar-refractivity contribution in [2.45, 2.75) is 33.3 Å². The minimum Gasteiger partial charge on any atom is -0.478 e. The molecule has 3 nitrogen and oxygen atoms in total. The summed E-state index contributed by atoms with van der Waals surface area (Å²) in [4.78, 5) is 11.0.